The highest BCUT2D eigenvalue weighted by Gasteiger charge is 2.24. The van der Waals surface area contributed by atoms with E-state index in [1.54, 1.807) is 12.1 Å². The molecule has 18 heavy (non-hydrogen) atoms. The van der Waals surface area contributed by atoms with Crippen LogP contribution in [0, 0.1) is 5.82 Å². The Balaban J connectivity index is 2.01. The lowest BCUT2D eigenvalue weighted by Crippen LogP contribution is -2.29. The van der Waals surface area contributed by atoms with E-state index in [0.29, 0.717) is 6.04 Å². The fraction of sp³-hybridized carbons (Fsp3) is 0.571. The minimum Gasteiger partial charge on any atom is -0.396 e. The molecule has 1 unspecified atom stereocenters. The van der Waals surface area contributed by atoms with E-state index in [2.05, 4.69) is 20.8 Å². The Hall–Kier alpha value is -0.450. The molecule has 1 aromatic carbocycles. The van der Waals surface area contributed by atoms with Crippen molar-refractivity contribution in [1.82, 2.24) is 4.90 Å². The summed E-state index contributed by atoms with van der Waals surface area (Å²) in [5.74, 6) is -0.181. The molecule has 0 aromatic heterocycles. The quantitative estimate of drug-likeness (QED) is 0.901. The zero-order valence-corrected chi connectivity index (χ0v) is 12.0. The number of aliphatic hydroxyl groups is 1. The maximum absolute atomic E-state index is 13.2. The van der Waals surface area contributed by atoms with Crippen molar-refractivity contribution < 1.29 is 9.50 Å². The van der Waals surface area contributed by atoms with Gasteiger partial charge in [-0.05, 0) is 56.0 Å². The Morgan fingerprint density at radius 1 is 1.44 bits per heavy atom. The predicted molar refractivity (Wildman–Crippen MR) is 73.9 cm³/mol. The van der Waals surface area contributed by atoms with Crippen LogP contribution in [0.15, 0.2) is 22.7 Å². The minimum absolute atomic E-state index is 0.181. The number of halogens is 2. The first-order valence-corrected chi connectivity index (χ1v) is 7.29. The molecular formula is C14H19BrFNO. The van der Waals surface area contributed by atoms with Crippen molar-refractivity contribution >= 4 is 15.9 Å². The molecule has 100 valence electrons. The van der Waals surface area contributed by atoms with Crippen LogP contribution in [0.5, 0.6) is 0 Å². The van der Waals surface area contributed by atoms with Gasteiger partial charge in [0.05, 0.1) is 0 Å². The van der Waals surface area contributed by atoms with Gasteiger partial charge in [-0.15, -0.1) is 0 Å². The van der Waals surface area contributed by atoms with Crippen LogP contribution < -0.4 is 0 Å². The van der Waals surface area contributed by atoms with Crippen molar-refractivity contribution in [3.63, 3.8) is 0 Å². The number of hydrogen-bond acceptors (Lipinski definition) is 2. The van der Waals surface area contributed by atoms with Crippen LogP contribution in [0.1, 0.15) is 31.2 Å². The lowest BCUT2D eigenvalue weighted by atomic mass is 10.1. The van der Waals surface area contributed by atoms with Crippen molar-refractivity contribution in [3.05, 3.63) is 34.1 Å². The van der Waals surface area contributed by atoms with Gasteiger partial charge in [-0.2, -0.15) is 0 Å². The first-order valence-electron chi connectivity index (χ1n) is 6.49. The van der Waals surface area contributed by atoms with Gasteiger partial charge in [0.15, 0.2) is 0 Å². The molecule has 1 aliphatic heterocycles. The molecule has 1 saturated heterocycles. The fourth-order valence-corrected chi connectivity index (χ4v) is 3.01. The Morgan fingerprint density at radius 2 is 2.28 bits per heavy atom. The van der Waals surface area contributed by atoms with E-state index in [4.69, 9.17) is 5.11 Å². The number of hydrogen-bond donors (Lipinski definition) is 1. The minimum atomic E-state index is -0.181. The molecule has 1 fully saturated rings. The molecule has 4 heteroatoms. The zero-order valence-electron chi connectivity index (χ0n) is 10.4. The molecule has 0 aliphatic carbocycles. The number of rotatable bonds is 5. The standard InChI is InChI=1S/C14H19BrFNO/c15-14-6-5-12(16)9-11(14)10-17-7-1-3-13(17)4-2-8-18/h5-6,9,13,18H,1-4,7-8,10H2. The Bertz CT molecular complexity index is 399. The summed E-state index contributed by atoms with van der Waals surface area (Å²) in [6.45, 7) is 2.11. The molecule has 2 nitrogen and oxygen atoms in total. The number of aliphatic hydroxyl groups excluding tert-OH is 1. The normalized spacial score (nSPS) is 20.5. The third-order valence-electron chi connectivity index (χ3n) is 3.58. The topological polar surface area (TPSA) is 23.5 Å². The Morgan fingerprint density at radius 3 is 3.06 bits per heavy atom. The van der Waals surface area contributed by atoms with E-state index in [-0.39, 0.29) is 12.4 Å². The maximum Gasteiger partial charge on any atom is 0.123 e. The third kappa shape index (κ3) is 3.53. The van der Waals surface area contributed by atoms with Gasteiger partial charge in [-0.3, -0.25) is 4.90 Å². The highest BCUT2D eigenvalue weighted by molar-refractivity contribution is 9.10. The summed E-state index contributed by atoms with van der Waals surface area (Å²) in [4.78, 5) is 2.40. The molecular weight excluding hydrogens is 297 g/mol. The third-order valence-corrected chi connectivity index (χ3v) is 4.35. The first kappa shape index (κ1) is 14.0. The Kier molecular flexibility index (Phi) is 5.15. The second-order valence-electron chi connectivity index (χ2n) is 4.87. The second-order valence-corrected chi connectivity index (χ2v) is 5.72. The van der Waals surface area contributed by atoms with Gasteiger partial charge in [-0.1, -0.05) is 15.9 Å². The van der Waals surface area contributed by atoms with Gasteiger partial charge in [-0.25, -0.2) is 4.39 Å². The zero-order chi connectivity index (χ0) is 13.0. The number of nitrogens with zero attached hydrogens (tertiary/aromatic N) is 1. The summed E-state index contributed by atoms with van der Waals surface area (Å²) in [6, 6.07) is 5.38. The van der Waals surface area contributed by atoms with Gasteiger partial charge in [0.2, 0.25) is 0 Å². The average molecular weight is 316 g/mol. The molecule has 0 amide bonds. The van der Waals surface area contributed by atoms with E-state index in [1.165, 1.54) is 18.9 Å². The van der Waals surface area contributed by atoms with E-state index in [9.17, 15) is 4.39 Å². The first-order chi connectivity index (χ1) is 8.70. The molecule has 0 radical (unpaired) electrons. The van der Waals surface area contributed by atoms with Gasteiger partial charge < -0.3 is 5.11 Å². The van der Waals surface area contributed by atoms with E-state index < -0.39 is 0 Å². The molecule has 1 heterocycles. The van der Waals surface area contributed by atoms with Crippen molar-refractivity contribution in [2.75, 3.05) is 13.2 Å². The van der Waals surface area contributed by atoms with Crippen LogP contribution in [0.3, 0.4) is 0 Å². The van der Waals surface area contributed by atoms with E-state index in [0.717, 1.165) is 36.0 Å². The summed E-state index contributed by atoms with van der Waals surface area (Å²) in [7, 11) is 0. The summed E-state index contributed by atoms with van der Waals surface area (Å²) < 4.78 is 14.2. The number of benzene rings is 1. The predicted octanol–water partition coefficient (Wildman–Crippen LogP) is 3.33. The summed E-state index contributed by atoms with van der Waals surface area (Å²) in [5.41, 5.74) is 1.01. The maximum atomic E-state index is 13.2. The second kappa shape index (κ2) is 6.64. The van der Waals surface area contributed by atoms with Crippen LogP contribution in [0.2, 0.25) is 0 Å². The number of likely N-dealkylation sites (tertiary alicyclic amines) is 1. The van der Waals surface area contributed by atoms with Crippen molar-refractivity contribution in [2.24, 2.45) is 0 Å². The highest BCUT2D eigenvalue weighted by atomic mass is 79.9. The van der Waals surface area contributed by atoms with E-state index in [1.807, 2.05) is 0 Å². The van der Waals surface area contributed by atoms with Crippen LogP contribution >= 0.6 is 15.9 Å². The molecule has 0 spiro atoms. The highest BCUT2D eigenvalue weighted by Crippen LogP contribution is 2.26. The lowest BCUT2D eigenvalue weighted by molar-refractivity contribution is 0.209. The fourth-order valence-electron chi connectivity index (χ4n) is 2.64. The molecule has 0 bridgehead atoms. The molecule has 1 N–H and O–H groups in total. The van der Waals surface area contributed by atoms with Crippen LogP contribution in [-0.2, 0) is 6.54 Å². The van der Waals surface area contributed by atoms with Crippen LogP contribution in [-0.4, -0.2) is 29.2 Å². The molecule has 1 aliphatic rings. The van der Waals surface area contributed by atoms with Gasteiger partial charge in [0.25, 0.3) is 0 Å². The van der Waals surface area contributed by atoms with E-state index >= 15 is 0 Å². The summed E-state index contributed by atoms with van der Waals surface area (Å²) in [5, 5.41) is 8.91. The van der Waals surface area contributed by atoms with Gasteiger partial charge in [0, 0.05) is 23.7 Å². The van der Waals surface area contributed by atoms with Gasteiger partial charge >= 0.3 is 0 Å². The van der Waals surface area contributed by atoms with Crippen LogP contribution in [0.25, 0.3) is 0 Å². The summed E-state index contributed by atoms with van der Waals surface area (Å²) >= 11 is 3.48. The molecule has 2 rings (SSSR count). The Labute approximate surface area is 116 Å². The average Bonchev–Trinajstić information content (AvgIpc) is 2.79. The van der Waals surface area contributed by atoms with Crippen molar-refractivity contribution in [2.45, 2.75) is 38.3 Å². The smallest absolute Gasteiger partial charge is 0.123 e. The van der Waals surface area contributed by atoms with Crippen molar-refractivity contribution in [3.8, 4) is 0 Å². The molecule has 1 aromatic rings. The van der Waals surface area contributed by atoms with Crippen molar-refractivity contribution in [1.29, 1.82) is 0 Å². The van der Waals surface area contributed by atoms with Crippen LogP contribution in [0.4, 0.5) is 4.39 Å². The summed E-state index contributed by atoms with van der Waals surface area (Å²) in [6.07, 6.45) is 4.27. The molecule has 0 saturated carbocycles. The largest absolute Gasteiger partial charge is 0.396 e. The molecule has 1 atom stereocenters. The lowest BCUT2D eigenvalue weighted by Gasteiger charge is -2.24. The monoisotopic (exact) mass is 315 g/mol. The van der Waals surface area contributed by atoms with Gasteiger partial charge in [0.1, 0.15) is 5.82 Å². The SMILES string of the molecule is OCCCC1CCCN1Cc1cc(F)ccc1Br.